The van der Waals surface area contributed by atoms with Crippen molar-refractivity contribution in [3.8, 4) is 11.5 Å². The molecular formula is C21H22N2O4. The fourth-order valence-corrected chi connectivity index (χ4v) is 3.04. The van der Waals surface area contributed by atoms with Gasteiger partial charge >= 0.3 is 0 Å². The fraction of sp³-hybridized carbons (Fsp3) is 0.238. The molecular weight excluding hydrogens is 344 g/mol. The van der Waals surface area contributed by atoms with Crippen LogP contribution < -0.4 is 20.3 Å². The van der Waals surface area contributed by atoms with Crippen molar-refractivity contribution in [2.45, 2.75) is 20.4 Å². The van der Waals surface area contributed by atoms with Gasteiger partial charge < -0.3 is 14.8 Å². The number of amides is 1. The molecule has 3 aromatic rings. The molecule has 0 saturated heterocycles. The normalized spacial score (nSPS) is 10.6. The first-order chi connectivity index (χ1) is 13.0. The standard InChI is InChI=1S/C21H22N2O4/c1-4-27-16-10-8-15(9-11-16)22-19(24)13-23-20(25)12-14(2)17-6-5-7-18(26-3)21(17)23/h5-12H,4,13H2,1-3H3,(H,22,24). The number of benzene rings is 2. The van der Waals surface area contributed by atoms with Crippen LogP contribution in [0.25, 0.3) is 10.9 Å². The molecule has 1 amide bonds. The molecule has 0 fully saturated rings. The Hall–Kier alpha value is -3.28. The lowest BCUT2D eigenvalue weighted by atomic mass is 10.1. The monoisotopic (exact) mass is 366 g/mol. The lowest BCUT2D eigenvalue weighted by Crippen LogP contribution is -2.28. The summed E-state index contributed by atoms with van der Waals surface area (Å²) in [6.45, 7) is 4.25. The highest BCUT2D eigenvalue weighted by atomic mass is 16.5. The van der Waals surface area contributed by atoms with Crippen LogP contribution in [0.1, 0.15) is 12.5 Å². The second kappa shape index (κ2) is 7.95. The van der Waals surface area contributed by atoms with Crippen LogP contribution in [0.5, 0.6) is 11.5 Å². The highest BCUT2D eigenvalue weighted by Crippen LogP contribution is 2.26. The molecule has 27 heavy (non-hydrogen) atoms. The largest absolute Gasteiger partial charge is 0.495 e. The summed E-state index contributed by atoms with van der Waals surface area (Å²) in [4.78, 5) is 25.1. The van der Waals surface area contributed by atoms with Gasteiger partial charge in [0.25, 0.3) is 5.56 Å². The Balaban J connectivity index is 1.89. The number of hydrogen-bond acceptors (Lipinski definition) is 4. The number of carbonyl (C=O) groups excluding carboxylic acids is 1. The summed E-state index contributed by atoms with van der Waals surface area (Å²) in [6, 6.07) is 14.2. The number of ether oxygens (including phenoxy) is 2. The Bertz CT molecular complexity index is 1020. The average Bonchev–Trinajstić information content (AvgIpc) is 2.66. The maximum atomic E-state index is 12.5. The van der Waals surface area contributed by atoms with Gasteiger partial charge in [-0.25, -0.2) is 0 Å². The molecule has 1 aromatic heterocycles. The van der Waals surface area contributed by atoms with E-state index >= 15 is 0 Å². The zero-order valence-corrected chi connectivity index (χ0v) is 15.6. The predicted molar refractivity (Wildman–Crippen MR) is 106 cm³/mol. The zero-order chi connectivity index (χ0) is 19.4. The van der Waals surface area contributed by atoms with Crippen LogP contribution in [-0.2, 0) is 11.3 Å². The van der Waals surface area contributed by atoms with E-state index in [1.165, 1.54) is 10.6 Å². The summed E-state index contributed by atoms with van der Waals surface area (Å²) in [5.41, 5.74) is 1.86. The Morgan fingerprint density at radius 3 is 2.56 bits per heavy atom. The first kappa shape index (κ1) is 18.5. The molecule has 0 aliphatic heterocycles. The summed E-state index contributed by atoms with van der Waals surface area (Å²) in [6.07, 6.45) is 0. The molecule has 6 heteroatoms. The number of fused-ring (bicyclic) bond motifs is 1. The molecule has 1 heterocycles. The molecule has 6 nitrogen and oxygen atoms in total. The van der Waals surface area contributed by atoms with Crippen LogP contribution in [0, 0.1) is 6.92 Å². The Labute approximate surface area is 157 Å². The van der Waals surface area contributed by atoms with Gasteiger partial charge in [0.15, 0.2) is 0 Å². The summed E-state index contributed by atoms with van der Waals surface area (Å²) in [7, 11) is 1.55. The zero-order valence-electron chi connectivity index (χ0n) is 15.6. The van der Waals surface area contributed by atoms with E-state index in [-0.39, 0.29) is 18.0 Å². The minimum absolute atomic E-state index is 0.108. The van der Waals surface area contributed by atoms with E-state index in [0.29, 0.717) is 23.6 Å². The first-order valence-corrected chi connectivity index (χ1v) is 8.73. The number of methoxy groups -OCH3 is 1. The van der Waals surface area contributed by atoms with E-state index in [2.05, 4.69) is 5.32 Å². The Morgan fingerprint density at radius 2 is 1.89 bits per heavy atom. The molecule has 140 valence electrons. The lowest BCUT2D eigenvalue weighted by Gasteiger charge is -2.15. The number of rotatable bonds is 6. The van der Waals surface area contributed by atoms with Gasteiger partial charge in [-0.2, -0.15) is 0 Å². The quantitative estimate of drug-likeness (QED) is 0.726. The number of para-hydroxylation sites is 1. The minimum atomic E-state index is -0.294. The summed E-state index contributed by atoms with van der Waals surface area (Å²) in [5.74, 6) is 1.00. The lowest BCUT2D eigenvalue weighted by molar-refractivity contribution is -0.116. The van der Waals surface area contributed by atoms with Gasteiger partial charge in [-0.15, -0.1) is 0 Å². The molecule has 0 spiro atoms. The molecule has 0 aliphatic carbocycles. The smallest absolute Gasteiger partial charge is 0.251 e. The van der Waals surface area contributed by atoms with Gasteiger partial charge in [0.2, 0.25) is 5.91 Å². The molecule has 0 atom stereocenters. The molecule has 0 bridgehead atoms. The molecule has 2 aromatic carbocycles. The van der Waals surface area contributed by atoms with Crippen molar-refractivity contribution in [1.29, 1.82) is 0 Å². The number of aryl methyl sites for hydroxylation is 1. The molecule has 0 aliphatic rings. The maximum Gasteiger partial charge on any atom is 0.251 e. The third kappa shape index (κ3) is 3.95. The Kier molecular flexibility index (Phi) is 5.45. The van der Waals surface area contributed by atoms with E-state index in [9.17, 15) is 9.59 Å². The Morgan fingerprint density at radius 1 is 1.15 bits per heavy atom. The van der Waals surface area contributed by atoms with Crippen molar-refractivity contribution in [3.05, 3.63) is 64.4 Å². The number of pyridine rings is 1. The highest BCUT2D eigenvalue weighted by Gasteiger charge is 2.14. The van der Waals surface area contributed by atoms with Crippen molar-refractivity contribution in [2.24, 2.45) is 0 Å². The van der Waals surface area contributed by atoms with E-state index in [1.807, 2.05) is 26.0 Å². The SMILES string of the molecule is CCOc1ccc(NC(=O)Cn2c(=O)cc(C)c3cccc(OC)c32)cc1. The number of nitrogens with zero attached hydrogens (tertiary/aromatic N) is 1. The van der Waals surface area contributed by atoms with Crippen molar-refractivity contribution in [2.75, 3.05) is 19.0 Å². The van der Waals surface area contributed by atoms with Crippen molar-refractivity contribution < 1.29 is 14.3 Å². The van der Waals surface area contributed by atoms with Gasteiger partial charge in [-0.1, -0.05) is 12.1 Å². The van der Waals surface area contributed by atoms with E-state index in [0.717, 1.165) is 16.7 Å². The minimum Gasteiger partial charge on any atom is -0.495 e. The number of nitrogens with one attached hydrogen (secondary N) is 1. The molecule has 0 radical (unpaired) electrons. The second-order valence-electron chi connectivity index (χ2n) is 6.11. The third-order valence-electron chi connectivity index (χ3n) is 4.27. The molecule has 1 N–H and O–H groups in total. The second-order valence-corrected chi connectivity index (χ2v) is 6.11. The molecule has 3 rings (SSSR count). The van der Waals surface area contributed by atoms with Gasteiger partial charge in [-0.05, 0) is 49.7 Å². The van der Waals surface area contributed by atoms with Crippen LogP contribution >= 0.6 is 0 Å². The first-order valence-electron chi connectivity index (χ1n) is 8.73. The van der Waals surface area contributed by atoms with Crippen LogP contribution in [0.3, 0.4) is 0 Å². The van der Waals surface area contributed by atoms with Crippen molar-refractivity contribution >= 4 is 22.5 Å². The van der Waals surface area contributed by atoms with E-state index in [4.69, 9.17) is 9.47 Å². The molecule has 0 unspecified atom stereocenters. The van der Waals surface area contributed by atoms with Gasteiger partial charge in [0.05, 0.1) is 19.2 Å². The average molecular weight is 366 g/mol. The number of hydrogen-bond donors (Lipinski definition) is 1. The summed E-state index contributed by atoms with van der Waals surface area (Å²) < 4.78 is 12.2. The van der Waals surface area contributed by atoms with Crippen LogP contribution in [-0.4, -0.2) is 24.2 Å². The number of carbonyl (C=O) groups is 1. The topological polar surface area (TPSA) is 69.6 Å². The van der Waals surface area contributed by atoms with Crippen molar-refractivity contribution in [1.82, 2.24) is 4.57 Å². The third-order valence-corrected chi connectivity index (χ3v) is 4.27. The van der Waals surface area contributed by atoms with Gasteiger partial charge in [0.1, 0.15) is 18.0 Å². The summed E-state index contributed by atoms with van der Waals surface area (Å²) in [5, 5.41) is 3.69. The summed E-state index contributed by atoms with van der Waals surface area (Å²) >= 11 is 0. The van der Waals surface area contributed by atoms with Crippen LogP contribution in [0.15, 0.2) is 53.3 Å². The van der Waals surface area contributed by atoms with Gasteiger partial charge in [-0.3, -0.25) is 14.2 Å². The predicted octanol–water partition coefficient (Wildman–Crippen LogP) is 3.36. The molecule has 0 saturated carbocycles. The van der Waals surface area contributed by atoms with Crippen LogP contribution in [0.4, 0.5) is 5.69 Å². The van der Waals surface area contributed by atoms with Crippen molar-refractivity contribution in [3.63, 3.8) is 0 Å². The van der Waals surface area contributed by atoms with E-state index < -0.39 is 0 Å². The van der Waals surface area contributed by atoms with Crippen LogP contribution in [0.2, 0.25) is 0 Å². The maximum absolute atomic E-state index is 12.5. The number of anilines is 1. The van der Waals surface area contributed by atoms with Gasteiger partial charge in [0, 0.05) is 17.1 Å². The van der Waals surface area contributed by atoms with E-state index in [1.54, 1.807) is 37.4 Å². The highest BCUT2D eigenvalue weighted by molar-refractivity contribution is 5.93. The number of aromatic nitrogens is 1. The fourth-order valence-electron chi connectivity index (χ4n) is 3.04.